The maximum Gasteiger partial charge on any atom is 0.291 e. The van der Waals surface area contributed by atoms with Crippen molar-refractivity contribution in [2.24, 2.45) is 17.8 Å². The number of hydrogen-bond acceptors (Lipinski definition) is 3. The summed E-state index contributed by atoms with van der Waals surface area (Å²) in [6.45, 7) is 3.89. The number of hydrogen-bond donors (Lipinski definition) is 1. The molecule has 2 aliphatic rings. The van der Waals surface area contributed by atoms with Gasteiger partial charge in [0, 0.05) is 13.1 Å². The molecule has 0 spiro atoms. The molecule has 2 saturated carbocycles. The fourth-order valence-electron chi connectivity index (χ4n) is 2.77. The van der Waals surface area contributed by atoms with E-state index in [1.54, 1.807) is 10.9 Å². The van der Waals surface area contributed by atoms with Gasteiger partial charge in [-0.2, -0.15) is 5.10 Å². The fourth-order valence-corrected chi connectivity index (χ4v) is 3.17. The van der Waals surface area contributed by atoms with Crippen LogP contribution in [0.3, 0.4) is 0 Å². The average Bonchev–Trinajstić information content (AvgIpc) is 3.19. The molecule has 0 bridgehead atoms. The Morgan fingerprint density at radius 3 is 2.80 bits per heavy atom. The highest BCUT2D eigenvalue weighted by Gasteiger charge is 2.28. The van der Waals surface area contributed by atoms with Gasteiger partial charge < -0.3 is 5.32 Å². The quantitative estimate of drug-likeness (QED) is 0.865. The standard InChI is InChI=1S/C15H22BrN3O/c1-10(12-5-6-12)7-17-14-13(16)8-18-19(15(14)20)9-11-3-2-4-11/h8,10-12,17H,2-7,9H2,1H3. The molecule has 1 N–H and O–H groups in total. The van der Waals surface area contributed by atoms with Crippen molar-refractivity contribution in [3.05, 3.63) is 21.0 Å². The van der Waals surface area contributed by atoms with E-state index < -0.39 is 0 Å². The lowest BCUT2D eigenvalue weighted by Crippen LogP contribution is -2.31. The van der Waals surface area contributed by atoms with Gasteiger partial charge in [-0.15, -0.1) is 0 Å². The predicted molar refractivity (Wildman–Crippen MR) is 83.9 cm³/mol. The van der Waals surface area contributed by atoms with E-state index in [4.69, 9.17) is 0 Å². The third-order valence-electron chi connectivity index (χ3n) is 4.68. The minimum Gasteiger partial charge on any atom is -0.379 e. The number of anilines is 1. The molecular weight excluding hydrogens is 318 g/mol. The van der Waals surface area contributed by atoms with E-state index in [1.807, 2.05) is 0 Å². The first-order valence-corrected chi connectivity index (χ1v) is 8.44. The Balaban J connectivity index is 1.70. The van der Waals surface area contributed by atoms with Crippen LogP contribution < -0.4 is 10.9 Å². The highest BCUT2D eigenvalue weighted by atomic mass is 79.9. The zero-order chi connectivity index (χ0) is 14.1. The minimum atomic E-state index is 0.00859. The van der Waals surface area contributed by atoms with Gasteiger partial charge in [-0.1, -0.05) is 13.3 Å². The summed E-state index contributed by atoms with van der Waals surface area (Å²) in [6, 6.07) is 0. The molecule has 1 heterocycles. The van der Waals surface area contributed by atoms with E-state index >= 15 is 0 Å². The summed E-state index contributed by atoms with van der Waals surface area (Å²) in [6.07, 6.45) is 8.17. The first-order valence-electron chi connectivity index (χ1n) is 7.64. The highest BCUT2D eigenvalue weighted by Crippen LogP contribution is 2.36. The number of rotatable bonds is 6. The van der Waals surface area contributed by atoms with Gasteiger partial charge in [-0.3, -0.25) is 4.79 Å². The van der Waals surface area contributed by atoms with Gasteiger partial charge >= 0.3 is 0 Å². The average molecular weight is 340 g/mol. The summed E-state index contributed by atoms with van der Waals surface area (Å²) < 4.78 is 2.40. The number of nitrogens with zero attached hydrogens (tertiary/aromatic N) is 2. The fraction of sp³-hybridized carbons (Fsp3) is 0.733. The van der Waals surface area contributed by atoms with Crippen molar-refractivity contribution >= 4 is 21.6 Å². The minimum absolute atomic E-state index is 0.00859. The van der Waals surface area contributed by atoms with E-state index in [-0.39, 0.29) is 5.56 Å². The summed E-state index contributed by atoms with van der Waals surface area (Å²) in [5, 5.41) is 7.58. The van der Waals surface area contributed by atoms with E-state index in [0.29, 0.717) is 17.5 Å². The van der Waals surface area contributed by atoms with Crippen molar-refractivity contribution in [2.75, 3.05) is 11.9 Å². The van der Waals surface area contributed by atoms with Gasteiger partial charge in [0.25, 0.3) is 5.56 Å². The summed E-state index contributed by atoms with van der Waals surface area (Å²) in [5.74, 6) is 2.12. The Hall–Kier alpha value is -0.840. The Morgan fingerprint density at radius 2 is 2.20 bits per heavy atom. The van der Waals surface area contributed by atoms with Crippen LogP contribution in [0.15, 0.2) is 15.5 Å². The van der Waals surface area contributed by atoms with Crippen LogP contribution in [-0.2, 0) is 6.54 Å². The molecule has 110 valence electrons. The van der Waals surface area contributed by atoms with Crippen LogP contribution >= 0.6 is 15.9 Å². The number of nitrogens with one attached hydrogen (secondary N) is 1. The topological polar surface area (TPSA) is 46.9 Å². The second kappa shape index (κ2) is 5.88. The zero-order valence-electron chi connectivity index (χ0n) is 11.9. The van der Waals surface area contributed by atoms with E-state index in [1.165, 1.54) is 32.1 Å². The molecule has 4 nitrogen and oxygen atoms in total. The van der Waals surface area contributed by atoms with Crippen LogP contribution in [0.1, 0.15) is 39.0 Å². The number of halogens is 1. The van der Waals surface area contributed by atoms with Crippen molar-refractivity contribution in [3.63, 3.8) is 0 Å². The van der Waals surface area contributed by atoms with Gasteiger partial charge in [0.05, 0.1) is 10.7 Å². The van der Waals surface area contributed by atoms with Gasteiger partial charge in [0.15, 0.2) is 0 Å². The second-order valence-corrected chi connectivity index (χ2v) is 7.20. The zero-order valence-corrected chi connectivity index (χ0v) is 13.5. The lowest BCUT2D eigenvalue weighted by atomic mass is 9.85. The van der Waals surface area contributed by atoms with Crippen molar-refractivity contribution in [1.82, 2.24) is 9.78 Å². The van der Waals surface area contributed by atoms with Crippen LogP contribution in [0, 0.1) is 17.8 Å². The molecule has 20 heavy (non-hydrogen) atoms. The van der Waals surface area contributed by atoms with Crippen molar-refractivity contribution in [3.8, 4) is 0 Å². The summed E-state index contributed by atoms with van der Waals surface area (Å²) in [7, 11) is 0. The third kappa shape index (κ3) is 3.08. The lowest BCUT2D eigenvalue weighted by Gasteiger charge is -2.25. The Bertz CT molecular complexity index is 534. The lowest BCUT2D eigenvalue weighted by molar-refractivity contribution is 0.262. The smallest absolute Gasteiger partial charge is 0.291 e. The molecule has 1 unspecified atom stereocenters. The Kier molecular flexibility index (Phi) is 4.15. The monoisotopic (exact) mass is 339 g/mol. The van der Waals surface area contributed by atoms with Crippen LogP contribution in [0.4, 0.5) is 5.69 Å². The molecule has 1 aromatic rings. The van der Waals surface area contributed by atoms with Gasteiger partial charge in [-0.25, -0.2) is 4.68 Å². The van der Waals surface area contributed by atoms with Crippen LogP contribution in [0.2, 0.25) is 0 Å². The summed E-state index contributed by atoms with van der Waals surface area (Å²) >= 11 is 3.44. The Morgan fingerprint density at radius 1 is 1.45 bits per heavy atom. The highest BCUT2D eigenvalue weighted by molar-refractivity contribution is 9.10. The van der Waals surface area contributed by atoms with Gasteiger partial charge in [-0.05, 0) is 59.4 Å². The molecular formula is C15H22BrN3O. The van der Waals surface area contributed by atoms with Crippen molar-refractivity contribution < 1.29 is 0 Å². The first kappa shape index (κ1) is 14.1. The Labute approximate surface area is 128 Å². The van der Waals surface area contributed by atoms with E-state index in [2.05, 4.69) is 33.3 Å². The van der Waals surface area contributed by atoms with E-state index in [9.17, 15) is 4.79 Å². The van der Waals surface area contributed by atoms with E-state index in [0.717, 1.165) is 23.5 Å². The molecule has 3 rings (SSSR count). The molecule has 2 fully saturated rings. The molecule has 5 heteroatoms. The molecule has 1 aromatic heterocycles. The molecule has 0 saturated heterocycles. The SMILES string of the molecule is CC(CNc1c(Br)cnn(CC2CCC2)c1=O)C1CC1. The van der Waals surface area contributed by atoms with Crippen LogP contribution in [0.25, 0.3) is 0 Å². The molecule has 0 aliphatic heterocycles. The second-order valence-electron chi connectivity index (χ2n) is 6.35. The maximum absolute atomic E-state index is 12.5. The van der Waals surface area contributed by atoms with Gasteiger partial charge in [0.2, 0.25) is 0 Å². The van der Waals surface area contributed by atoms with Crippen molar-refractivity contribution in [2.45, 2.75) is 45.6 Å². The van der Waals surface area contributed by atoms with Crippen LogP contribution in [-0.4, -0.2) is 16.3 Å². The normalized spacial score (nSPS) is 20.5. The molecule has 0 aromatic carbocycles. The van der Waals surface area contributed by atoms with Gasteiger partial charge in [0.1, 0.15) is 5.69 Å². The largest absolute Gasteiger partial charge is 0.379 e. The third-order valence-corrected chi connectivity index (χ3v) is 5.28. The number of aromatic nitrogens is 2. The molecule has 2 aliphatic carbocycles. The predicted octanol–water partition coefficient (Wildman–Crippen LogP) is 3.26. The summed E-state index contributed by atoms with van der Waals surface area (Å²) in [5.41, 5.74) is 0.682. The summed E-state index contributed by atoms with van der Waals surface area (Å²) in [4.78, 5) is 12.5. The first-order chi connectivity index (χ1) is 9.65. The molecule has 0 amide bonds. The molecule has 1 atom stereocenters. The maximum atomic E-state index is 12.5. The van der Waals surface area contributed by atoms with Crippen molar-refractivity contribution in [1.29, 1.82) is 0 Å². The van der Waals surface area contributed by atoms with Crippen LogP contribution in [0.5, 0.6) is 0 Å². The molecule has 0 radical (unpaired) electrons.